The first-order chi connectivity index (χ1) is 13.6. The van der Waals surface area contributed by atoms with Gasteiger partial charge in [-0.1, -0.05) is 12.1 Å². The zero-order chi connectivity index (χ0) is 19.5. The topological polar surface area (TPSA) is 75.7 Å². The molecule has 2 aromatic carbocycles. The number of amides is 3. The van der Waals surface area contributed by atoms with Crippen molar-refractivity contribution in [1.29, 1.82) is 0 Å². The van der Waals surface area contributed by atoms with Gasteiger partial charge in [-0.05, 0) is 56.0 Å². The second-order valence-corrected chi connectivity index (χ2v) is 7.18. The van der Waals surface area contributed by atoms with Crippen molar-refractivity contribution in [2.24, 2.45) is 0 Å². The van der Waals surface area contributed by atoms with Crippen molar-refractivity contribution >= 4 is 29.1 Å². The number of anilines is 2. The van der Waals surface area contributed by atoms with Gasteiger partial charge in [-0.15, -0.1) is 0 Å². The van der Waals surface area contributed by atoms with Gasteiger partial charge in [-0.3, -0.25) is 19.3 Å². The van der Waals surface area contributed by atoms with Crippen LogP contribution < -0.4 is 15.0 Å². The average Bonchev–Trinajstić information content (AvgIpc) is 3.31. The maximum atomic E-state index is 12.7. The zero-order valence-corrected chi connectivity index (χ0v) is 15.5. The molecule has 0 unspecified atom stereocenters. The van der Waals surface area contributed by atoms with E-state index >= 15 is 0 Å². The second-order valence-electron chi connectivity index (χ2n) is 7.18. The third-order valence-electron chi connectivity index (χ3n) is 5.11. The molecular weight excluding hydrogens is 356 g/mol. The summed E-state index contributed by atoms with van der Waals surface area (Å²) in [5.41, 5.74) is 1.45. The van der Waals surface area contributed by atoms with Crippen LogP contribution in [0.1, 0.15) is 48.9 Å². The van der Waals surface area contributed by atoms with Crippen LogP contribution in [0.5, 0.6) is 5.75 Å². The van der Waals surface area contributed by atoms with E-state index in [1.807, 2.05) is 18.2 Å². The minimum Gasteiger partial charge on any atom is -0.490 e. The van der Waals surface area contributed by atoms with Gasteiger partial charge >= 0.3 is 0 Å². The van der Waals surface area contributed by atoms with E-state index in [-0.39, 0.29) is 36.7 Å². The van der Waals surface area contributed by atoms with Crippen LogP contribution in [0.2, 0.25) is 0 Å². The third kappa shape index (κ3) is 3.91. The van der Waals surface area contributed by atoms with Gasteiger partial charge in [-0.25, -0.2) is 0 Å². The molecule has 6 heteroatoms. The summed E-state index contributed by atoms with van der Waals surface area (Å²) in [5.74, 6) is -0.0377. The number of hydrogen-bond donors (Lipinski definition) is 1. The minimum absolute atomic E-state index is 0.211. The van der Waals surface area contributed by atoms with E-state index in [0.717, 1.165) is 23.5 Å². The monoisotopic (exact) mass is 378 g/mol. The normalized spacial score (nSPS) is 17.2. The van der Waals surface area contributed by atoms with Crippen molar-refractivity contribution in [3.8, 4) is 5.75 Å². The molecule has 0 spiro atoms. The number of nitrogens with zero attached hydrogens (tertiary/aromatic N) is 1. The molecule has 2 aromatic rings. The van der Waals surface area contributed by atoms with Gasteiger partial charge in [0, 0.05) is 30.2 Å². The van der Waals surface area contributed by atoms with Gasteiger partial charge in [-0.2, -0.15) is 0 Å². The zero-order valence-electron chi connectivity index (χ0n) is 15.5. The van der Waals surface area contributed by atoms with E-state index in [0.29, 0.717) is 16.9 Å². The first-order valence-corrected chi connectivity index (χ1v) is 9.64. The van der Waals surface area contributed by atoms with Gasteiger partial charge in [0.25, 0.3) is 5.91 Å². The van der Waals surface area contributed by atoms with Crippen LogP contribution in [0, 0.1) is 0 Å². The summed E-state index contributed by atoms with van der Waals surface area (Å²) in [5, 5.41) is 2.86. The number of hydrogen-bond acceptors (Lipinski definition) is 4. The van der Waals surface area contributed by atoms with Gasteiger partial charge < -0.3 is 10.1 Å². The van der Waals surface area contributed by atoms with Crippen molar-refractivity contribution in [2.45, 2.75) is 44.6 Å². The van der Waals surface area contributed by atoms with Crippen molar-refractivity contribution in [2.75, 3.05) is 10.2 Å². The maximum absolute atomic E-state index is 12.7. The number of nitrogens with one attached hydrogen (secondary N) is 1. The quantitative estimate of drug-likeness (QED) is 0.801. The highest BCUT2D eigenvalue weighted by Gasteiger charge is 2.30. The lowest BCUT2D eigenvalue weighted by Gasteiger charge is -2.15. The molecule has 0 bridgehead atoms. The van der Waals surface area contributed by atoms with Crippen LogP contribution in [0.3, 0.4) is 0 Å². The van der Waals surface area contributed by atoms with Crippen LogP contribution >= 0.6 is 0 Å². The first kappa shape index (κ1) is 18.2. The number of carbonyl (C=O) groups excluding carboxylic acids is 3. The fraction of sp³-hybridized carbons (Fsp3) is 0.318. The first-order valence-electron chi connectivity index (χ1n) is 9.64. The fourth-order valence-electron chi connectivity index (χ4n) is 3.70. The number of rotatable bonds is 5. The van der Waals surface area contributed by atoms with Gasteiger partial charge in [0.2, 0.25) is 11.8 Å². The summed E-state index contributed by atoms with van der Waals surface area (Å²) in [7, 11) is 0. The average molecular weight is 378 g/mol. The molecule has 1 aliphatic carbocycles. The Morgan fingerprint density at radius 2 is 1.68 bits per heavy atom. The molecule has 2 aliphatic rings. The summed E-state index contributed by atoms with van der Waals surface area (Å²) in [6, 6.07) is 13.9. The Kier molecular flexibility index (Phi) is 5.10. The van der Waals surface area contributed by atoms with Crippen LogP contribution in [0.25, 0.3) is 0 Å². The van der Waals surface area contributed by atoms with Crippen molar-refractivity contribution in [1.82, 2.24) is 0 Å². The molecule has 0 atom stereocenters. The number of imide groups is 1. The maximum Gasteiger partial charge on any atom is 0.255 e. The fourth-order valence-corrected chi connectivity index (χ4v) is 3.70. The Balaban J connectivity index is 1.47. The highest BCUT2D eigenvalue weighted by Crippen LogP contribution is 2.27. The molecule has 6 nitrogen and oxygen atoms in total. The molecule has 1 saturated heterocycles. The van der Waals surface area contributed by atoms with Gasteiger partial charge in [0.1, 0.15) is 5.75 Å². The van der Waals surface area contributed by atoms with Crippen LogP contribution in [0.15, 0.2) is 48.5 Å². The molecule has 144 valence electrons. The summed E-state index contributed by atoms with van der Waals surface area (Å²) >= 11 is 0. The van der Waals surface area contributed by atoms with Gasteiger partial charge in [0.15, 0.2) is 0 Å². The van der Waals surface area contributed by atoms with Crippen molar-refractivity contribution < 1.29 is 19.1 Å². The lowest BCUT2D eigenvalue weighted by molar-refractivity contribution is -0.121. The van der Waals surface area contributed by atoms with Crippen LogP contribution in [0.4, 0.5) is 11.4 Å². The van der Waals surface area contributed by atoms with Crippen LogP contribution in [-0.4, -0.2) is 23.8 Å². The van der Waals surface area contributed by atoms with E-state index in [1.54, 1.807) is 30.3 Å². The van der Waals surface area contributed by atoms with E-state index < -0.39 is 0 Å². The summed E-state index contributed by atoms with van der Waals surface area (Å²) in [4.78, 5) is 37.7. The number of ether oxygens (including phenoxy) is 1. The van der Waals surface area contributed by atoms with Crippen molar-refractivity contribution in [3.63, 3.8) is 0 Å². The summed E-state index contributed by atoms with van der Waals surface area (Å²) < 4.78 is 5.98. The van der Waals surface area contributed by atoms with Gasteiger partial charge in [0.05, 0.1) is 11.8 Å². The molecule has 3 amide bonds. The smallest absolute Gasteiger partial charge is 0.255 e. The molecule has 1 aliphatic heterocycles. The Bertz CT molecular complexity index is 902. The minimum atomic E-state index is -0.307. The summed E-state index contributed by atoms with van der Waals surface area (Å²) in [6.45, 7) is 0. The lowest BCUT2D eigenvalue weighted by atomic mass is 10.1. The highest BCUT2D eigenvalue weighted by molar-refractivity contribution is 6.20. The predicted octanol–water partition coefficient (Wildman–Crippen LogP) is 3.91. The van der Waals surface area contributed by atoms with Crippen LogP contribution in [-0.2, 0) is 9.59 Å². The highest BCUT2D eigenvalue weighted by atomic mass is 16.5. The van der Waals surface area contributed by atoms with E-state index in [9.17, 15) is 14.4 Å². The van der Waals surface area contributed by atoms with Crippen molar-refractivity contribution in [3.05, 3.63) is 54.1 Å². The Morgan fingerprint density at radius 1 is 0.964 bits per heavy atom. The largest absolute Gasteiger partial charge is 0.490 e. The second kappa shape index (κ2) is 7.84. The Morgan fingerprint density at radius 3 is 2.43 bits per heavy atom. The Labute approximate surface area is 163 Å². The standard InChI is InChI=1S/C22H22N2O4/c25-20-11-12-21(26)24(20)17-7-3-5-15(13-17)22(27)23-16-6-4-10-19(14-16)28-18-8-1-2-9-18/h3-7,10,13-14,18H,1-2,8-9,11-12H2,(H,23,27). The molecule has 0 aromatic heterocycles. The number of benzene rings is 2. The predicted molar refractivity (Wildman–Crippen MR) is 105 cm³/mol. The SMILES string of the molecule is O=C(Nc1cccc(OC2CCCC2)c1)c1cccc(N2C(=O)CCC2=O)c1. The molecule has 1 N–H and O–H groups in total. The molecule has 1 saturated carbocycles. The van der Waals surface area contributed by atoms with E-state index in [2.05, 4.69) is 5.32 Å². The molecule has 2 fully saturated rings. The van der Waals surface area contributed by atoms with E-state index in [1.165, 1.54) is 12.8 Å². The third-order valence-corrected chi connectivity index (χ3v) is 5.11. The molecule has 1 heterocycles. The van der Waals surface area contributed by atoms with E-state index in [4.69, 9.17) is 4.74 Å². The molecular formula is C22H22N2O4. The lowest BCUT2D eigenvalue weighted by Crippen LogP contribution is -2.28. The number of carbonyl (C=O) groups is 3. The molecule has 28 heavy (non-hydrogen) atoms. The molecule has 4 rings (SSSR count). The molecule has 0 radical (unpaired) electrons. The Hall–Kier alpha value is -3.15. The summed E-state index contributed by atoms with van der Waals surface area (Å²) in [6.07, 6.45) is 5.19.